The van der Waals surface area contributed by atoms with Crippen LogP contribution in [0.2, 0.25) is 0 Å². The highest BCUT2D eigenvalue weighted by Crippen LogP contribution is 2.19. The topological polar surface area (TPSA) is 38.7 Å². The third-order valence-electron chi connectivity index (χ3n) is 2.72. The second kappa shape index (κ2) is 7.22. The van der Waals surface area contributed by atoms with E-state index in [4.69, 9.17) is 14.6 Å². The molecule has 3 heteroatoms. The van der Waals surface area contributed by atoms with Gasteiger partial charge in [0.2, 0.25) is 0 Å². The number of ether oxygens (including phenoxy) is 2. The van der Waals surface area contributed by atoms with Crippen LogP contribution >= 0.6 is 0 Å². The first-order valence-corrected chi connectivity index (χ1v) is 6.28. The van der Waals surface area contributed by atoms with E-state index >= 15 is 0 Å². The lowest BCUT2D eigenvalue weighted by Crippen LogP contribution is -1.97. The van der Waals surface area contributed by atoms with E-state index in [0.717, 1.165) is 16.9 Å². The summed E-state index contributed by atoms with van der Waals surface area (Å²) < 4.78 is 11.0. The Morgan fingerprint density at radius 2 is 1.95 bits per heavy atom. The van der Waals surface area contributed by atoms with Gasteiger partial charge in [-0.1, -0.05) is 36.1 Å². The van der Waals surface area contributed by atoms with Crippen molar-refractivity contribution in [2.24, 2.45) is 0 Å². The largest absolute Gasteiger partial charge is 0.497 e. The Morgan fingerprint density at radius 3 is 2.75 bits per heavy atom. The van der Waals surface area contributed by atoms with Gasteiger partial charge in [0.1, 0.15) is 24.7 Å². The van der Waals surface area contributed by atoms with E-state index in [-0.39, 0.29) is 6.61 Å². The molecule has 102 valence electrons. The van der Waals surface area contributed by atoms with Crippen molar-refractivity contribution in [1.29, 1.82) is 0 Å². The quantitative estimate of drug-likeness (QED) is 0.866. The van der Waals surface area contributed by atoms with Crippen LogP contribution in [-0.2, 0) is 6.61 Å². The van der Waals surface area contributed by atoms with Crippen molar-refractivity contribution in [3.8, 4) is 23.3 Å². The first kappa shape index (κ1) is 14.0. The van der Waals surface area contributed by atoms with Crippen molar-refractivity contribution in [3.05, 3.63) is 59.7 Å². The second-order valence-electron chi connectivity index (χ2n) is 4.10. The lowest BCUT2D eigenvalue weighted by Gasteiger charge is -2.09. The van der Waals surface area contributed by atoms with Crippen molar-refractivity contribution in [3.63, 3.8) is 0 Å². The summed E-state index contributed by atoms with van der Waals surface area (Å²) in [6.07, 6.45) is 0. The number of hydrogen-bond donors (Lipinski definition) is 1. The van der Waals surface area contributed by atoms with Crippen LogP contribution in [0.15, 0.2) is 48.5 Å². The number of para-hydroxylation sites is 1. The van der Waals surface area contributed by atoms with Crippen LogP contribution < -0.4 is 9.47 Å². The van der Waals surface area contributed by atoms with E-state index in [1.165, 1.54) is 0 Å². The lowest BCUT2D eigenvalue weighted by molar-refractivity contribution is 0.304. The third kappa shape index (κ3) is 3.78. The summed E-state index contributed by atoms with van der Waals surface area (Å²) in [6.45, 7) is 0.277. The summed E-state index contributed by atoms with van der Waals surface area (Å²) in [6, 6.07) is 15.2. The molecule has 0 bridgehead atoms. The molecular formula is C17H16O3. The molecule has 0 unspecified atom stereocenters. The fourth-order valence-corrected chi connectivity index (χ4v) is 1.75. The maximum Gasteiger partial charge on any atom is 0.135 e. The Hall–Kier alpha value is -2.44. The van der Waals surface area contributed by atoms with Crippen LogP contribution in [-0.4, -0.2) is 18.8 Å². The molecule has 0 atom stereocenters. The van der Waals surface area contributed by atoms with E-state index < -0.39 is 0 Å². The molecule has 2 aromatic carbocycles. The Labute approximate surface area is 118 Å². The van der Waals surface area contributed by atoms with Crippen molar-refractivity contribution >= 4 is 0 Å². The molecule has 0 aliphatic carbocycles. The number of benzene rings is 2. The minimum absolute atomic E-state index is 0.162. The minimum Gasteiger partial charge on any atom is -0.497 e. The first-order valence-electron chi connectivity index (χ1n) is 6.28. The zero-order valence-corrected chi connectivity index (χ0v) is 11.3. The van der Waals surface area contributed by atoms with Crippen LogP contribution in [0.25, 0.3) is 0 Å². The molecule has 0 aromatic heterocycles. The maximum atomic E-state index is 8.76. The molecule has 0 saturated carbocycles. The average Bonchev–Trinajstić information content (AvgIpc) is 2.52. The van der Waals surface area contributed by atoms with E-state index in [9.17, 15) is 0 Å². The Morgan fingerprint density at radius 1 is 1.10 bits per heavy atom. The fraction of sp³-hybridized carbons (Fsp3) is 0.176. The van der Waals surface area contributed by atoms with Gasteiger partial charge in [0.15, 0.2) is 0 Å². The minimum atomic E-state index is -0.162. The molecule has 20 heavy (non-hydrogen) atoms. The number of rotatable bonds is 4. The van der Waals surface area contributed by atoms with Gasteiger partial charge < -0.3 is 14.6 Å². The summed E-state index contributed by atoms with van der Waals surface area (Å²) >= 11 is 0. The van der Waals surface area contributed by atoms with Crippen molar-refractivity contribution < 1.29 is 14.6 Å². The fourth-order valence-electron chi connectivity index (χ4n) is 1.75. The molecule has 0 amide bonds. The van der Waals surface area contributed by atoms with Gasteiger partial charge in [0, 0.05) is 0 Å². The van der Waals surface area contributed by atoms with Gasteiger partial charge in [-0.15, -0.1) is 0 Å². The predicted octanol–water partition coefficient (Wildman–Crippen LogP) is 2.62. The van der Waals surface area contributed by atoms with Crippen LogP contribution in [0.5, 0.6) is 11.5 Å². The first-order chi connectivity index (χ1) is 9.83. The normalized spacial score (nSPS) is 9.50. The van der Waals surface area contributed by atoms with E-state index in [1.807, 2.05) is 48.5 Å². The molecule has 2 aromatic rings. The molecular weight excluding hydrogens is 252 g/mol. The molecule has 0 aliphatic rings. The molecule has 0 aliphatic heterocycles. The van der Waals surface area contributed by atoms with Crippen molar-refractivity contribution in [2.75, 3.05) is 13.7 Å². The van der Waals surface area contributed by atoms with E-state index in [0.29, 0.717) is 12.4 Å². The molecule has 0 spiro atoms. The second-order valence-corrected chi connectivity index (χ2v) is 4.10. The molecule has 1 N–H and O–H groups in total. The van der Waals surface area contributed by atoms with Gasteiger partial charge in [-0.3, -0.25) is 0 Å². The molecule has 0 fully saturated rings. The van der Waals surface area contributed by atoms with E-state index in [1.54, 1.807) is 7.11 Å². The molecule has 0 heterocycles. The summed E-state index contributed by atoms with van der Waals surface area (Å²) in [5.41, 5.74) is 1.79. The van der Waals surface area contributed by atoms with E-state index in [2.05, 4.69) is 11.8 Å². The summed E-state index contributed by atoms with van der Waals surface area (Å²) in [5.74, 6) is 7.01. The molecule has 0 radical (unpaired) electrons. The van der Waals surface area contributed by atoms with Gasteiger partial charge in [-0.25, -0.2) is 0 Å². The number of aliphatic hydroxyl groups is 1. The third-order valence-corrected chi connectivity index (χ3v) is 2.72. The smallest absolute Gasteiger partial charge is 0.135 e. The highest BCUT2D eigenvalue weighted by Gasteiger charge is 2.02. The van der Waals surface area contributed by atoms with Crippen LogP contribution in [0, 0.1) is 11.8 Å². The lowest BCUT2D eigenvalue weighted by atomic mass is 10.2. The molecule has 2 rings (SSSR count). The Balaban J connectivity index is 2.10. The maximum absolute atomic E-state index is 8.76. The number of hydrogen-bond acceptors (Lipinski definition) is 3. The zero-order chi connectivity index (χ0) is 14.2. The van der Waals surface area contributed by atoms with Crippen LogP contribution in [0.3, 0.4) is 0 Å². The zero-order valence-electron chi connectivity index (χ0n) is 11.3. The van der Waals surface area contributed by atoms with Gasteiger partial charge in [0.05, 0.1) is 12.7 Å². The number of methoxy groups -OCH3 is 1. The summed E-state index contributed by atoms with van der Waals surface area (Å²) in [7, 11) is 1.64. The van der Waals surface area contributed by atoms with Gasteiger partial charge >= 0.3 is 0 Å². The monoisotopic (exact) mass is 268 g/mol. The molecule has 3 nitrogen and oxygen atoms in total. The SMILES string of the molecule is COc1cccc(COc2ccccc2C#CCO)c1. The number of aliphatic hydroxyl groups excluding tert-OH is 1. The van der Waals surface area contributed by atoms with Crippen molar-refractivity contribution in [1.82, 2.24) is 0 Å². The summed E-state index contributed by atoms with van der Waals surface area (Å²) in [5, 5.41) is 8.76. The highest BCUT2D eigenvalue weighted by atomic mass is 16.5. The summed E-state index contributed by atoms with van der Waals surface area (Å²) in [4.78, 5) is 0. The average molecular weight is 268 g/mol. The Kier molecular flexibility index (Phi) is 5.05. The van der Waals surface area contributed by atoms with Crippen LogP contribution in [0.1, 0.15) is 11.1 Å². The van der Waals surface area contributed by atoms with Gasteiger partial charge in [-0.2, -0.15) is 0 Å². The Bertz CT molecular complexity index is 623. The molecule has 0 saturated heterocycles. The van der Waals surface area contributed by atoms with Gasteiger partial charge in [0.25, 0.3) is 0 Å². The predicted molar refractivity (Wildman–Crippen MR) is 77.7 cm³/mol. The van der Waals surface area contributed by atoms with Crippen LogP contribution in [0.4, 0.5) is 0 Å². The van der Waals surface area contributed by atoms with Gasteiger partial charge in [-0.05, 0) is 29.8 Å². The standard InChI is InChI=1S/C17H16O3/c1-19-16-9-4-6-14(12-16)13-20-17-10-3-2-7-15(17)8-5-11-18/h2-4,6-7,9-10,12,18H,11,13H2,1H3. The highest BCUT2D eigenvalue weighted by molar-refractivity contribution is 5.46. The van der Waals surface area contributed by atoms with Crippen molar-refractivity contribution in [2.45, 2.75) is 6.61 Å².